The minimum atomic E-state index is 0.602. The quantitative estimate of drug-likeness (QED) is 0.799. The van der Waals surface area contributed by atoms with E-state index in [1.807, 2.05) is 0 Å². The van der Waals surface area contributed by atoms with Crippen LogP contribution in [-0.4, -0.2) is 6.54 Å². The molecule has 0 spiro atoms. The van der Waals surface area contributed by atoms with Gasteiger partial charge in [0.1, 0.15) is 0 Å². The second-order valence-corrected chi connectivity index (χ2v) is 6.37. The van der Waals surface area contributed by atoms with Gasteiger partial charge in [-0.2, -0.15) is 0 Å². The fraction of sp³-hybridized carbons (Fsp3) is 0.667. The van der Waals surface area contributed by atoms with Crippen LogP contribution in [0.25, 0.3) is 0 Å². The highest BCUT2D eigenvalue weighted by Crippen LogP contribution is 2.41. The van der Waals surface area contributed by atoms with Gasteiger partial charge in [0.05, 0.1) is 0 Å². The Kier molecular flexibility index (Phi) is 4.22. The van der Waals surface area contributed by atoms with E-state index in [9.17, 15) is 0 Å². The molecule has 3 rings (SSSR count). The van der Waals surface area contributed by atoms with Crippen molar-refractivity contribution in [2.45, 2.75) is 63.8 Å². The molecular formula is C18H27N. The van der Waals surface area contributed by atoms with Crippen molar-refractivity contribution in [3.05, 3.63) is 35.4 Å². The first kappa shape index (κ1) is 13.2. The molecule has 19 heavy (non-hydrogen) atoms. The second-order valence-electron chi connectivity index (χ2n) is 6.37. The highest BCUT2D eigenvalue weighted by molar-refractivity contribution is 5.28. The highest BCUT2D eigenvalue weighted by Gasteiger charge is 2.31. The summed E-state index contributed by atoms with van der Waals surface area (Å²) >= 11 is 0. The predicted molar refractivity (Wildman–Crippen MR) is 81.4 cm³/mol. The van der Waals surface area contributed by atoms with Gasteiger partial charge < -0.3 is 5.32 Å². The molecular weight excluding hydrogens is 230 g/mol. The second kappa shape index (κ2) is 6.09. The van der Waals surface area contributed by atoms with Crippen LogP contribution in [0.3, 0.4) is 0 Å². The van der Waals surface area contributed by atoms with E-state index in [1.165, 1.54) is 50.5 Å². The van der Waals surface area contributed by atoms with Crippen LogP contribution in [0, 0.1) is 5.92 Å². The van der Waals surface area contributed by atoms with Gasteiger partial charge in [0.15, 0.2) is 0 Å². The molecule has 1 unspecified atom stereocenters. The average Bonchev–Trinajstić information content (AvgIpc) is 3.31. The molecule has 2 fully saturated rings. The van der Waals surface area contributed by atoms with Gasteiger partial charge >= 0.3 is 0 Å². The monoisotopic (exact) mass is 257 g/mol. The molecule has 2 aliphatic rings. The molecule has 0 radical (unpaired) electrons. The zero-order chi connectivity index (χ0) is 13.1. The molecule has 0 amide bonds. The average molecular weight is 257 g/mol. The van der Waals surface area contributed by atoms with Crippen LogP contribution < -0.4 is 5.32 Å². The van der Waals surface area contributed by atoms with E-state index in [0.717, 1.165) is 18.4 Å². The summed E-state index contributed by atoms with van der Waals surface area (Å²) in [6.45, 7) is 3.29. The predicted octanol–water partition coefficient (Wildman–Crippen LogP) is 4.79. The van der Waals surface area contributed by atoms with Crippen LogP contribution in [0.2, 0.25) is 0 Å². The van der Waals surface area contributed by atoms with Gasteiger partial charge in [-0.3, -0.25) is 0 Å². The van der Waals surface area contributed by atoms with Crippen molar-refractivity contribution in [2.24, 2.45) is 5.92 Å². The molecule has 1 nitrogen and oxygen atoms in total. The van der Waals surface area contributed by atoms with Gasteiger partial charge in [-0.25, -0.2) is 0 Å². The lowest BCUT2D eigenvalue weighted by molar-refractivity contribution is 0.443. The van der Waals surface area contributed by atoms with Gasteiger partial charge in [0.2, 0.25) is 0 Å². The minimum Gasteiger partial charge on any atom is -0.310 e. The Bertz CT molecular complexity index is 385. The molecule has 0 bridgehead atoms. The van der Waals surface area contributed by atoms with E-state index in [2.05, 4.69) is 36.5 Å². The topological polar surface area (TPSA) is 12.0 Å². The molecule has 104 valence electrons. The van der Waals surface area contributed by atoms with Crippen molar-refractivity contribution in [3.8, 4) is 0 Å². The molecule has 0 aromatic heterocycles. The molecule has 1 aromatic carbocycles. The zero-order valence-corrected chi connectivity index (χ0v) is 12.2. The fourth-order valence-corrected chi connectivity index (χ4v) is 3.62. The standard InChI is InChI=1S/C18H27N/c1-2-19-18(17-12-13-17)16-10-8-15(9-11-16)14-6-4-3-5-7-14/h8-11,14,17-19H,2-7,12-13H2,1H3. The summed E-state index contributed by atoms with van der Waals surface area (Å²) in [5.41, 5.74) is 3.08. The number of benzene rings is 1. The maximum Gasteiger partial charge on any atom is 0.0348 e. The largest absolute Gasteiger partial charge is 0.310 e. The Morgan fingerprint density at radius 1 is 1.00 bits per heavy atom. The molecule has 0 heterocycles. The minimum absolute atomic E-state index is 0.602. The SMILES string of the molecule is CCNC(c1ccc(C2CCCCC2)cc1)C1CC1. The van der Waals surface area contributed by atoms with Crippen LogP contribution in [-0.2, 0) is 0 Å². The third kappa shape index (κ3) is 3.20. The van der Waals surface area contributed by atoms with Crippen LogP contribution in [0.4, 0.5) is 0 Å². The van der Waals surface area contributed by atoms with Gasteiger partial charge in [-0.15, -0.1) is 0 Å². The molecule has 2 saturated carbocycles. The van der Waals surface area contributed by atoms with Crippen LogP contribution >= 0.6 is 0 Å². The first-order valence-corrected chi connectivity index (χ1v) is 8.21. The summed E-state index contributed by atoms with van der Waals surface area (Å²) < 4.78 is 0. The summed E-state index contributed by atoms with van der Waals surface area (Å²) in [7, 11) is 0. The van der Waals surface area contributed by atoms with E-state index in [1.54, 1.807) is 5.56 Å². The third-order valence-electron chi connectivity index (χ3n) is 4.89. The van der Waals surface area contributed by atoms with Crippen molar-refractivity contribution in [2.75, 3.05) is 6.54 Å². The summed E-state index contributed by atoms with van der Waals surface area (Å²) in [6.07, 6.45) is 9.91. The lowest BCUT2D eigenvalue weighted by atomic mass is 9.83. The molecule has 0 aliphatic heterocycles. The first-order chi connectivity index (χ1) is 9.38. The lowest BCUT2D eigenvalue weighted by Gasteiger charge is -2.23. The molecule has 1 heteroatoms. The summed E-state index contributed by atoms with van der Waals surface area (Å²) in [5.74, 6) is 1.72. The molecule has 1 N–H and O–H groups in total. The number of hydrogen-bond donors (Lipinski definition) is 1. The number of hydrogen-bond acceptors (Lipinski definition) is 1. The Morgan fingerprint density at radius 2 is 1.68 bits per heavy atom. The number of rotatable bonds is 5. The van der Waals surface area contributed by atoms with Crippen molar-refractivity contribution < 1.29 is 0 Å². The van der Waals surface area contributed by atoms with E-state index < -0.39 is 0 Å². The molecule has 1 aromatic rings. The van der Waals surface area contributed by atoms with Crippen molar-refractivity contribution in [1.29, 1.82) is 0 Å². The van der Waals surface area contributed by atoms with Crippen molar-refractivity contribution in [1.82, 2.24) is 5.32 Å². The van der Waals surface area contributed by atoms with Gasteiger partial charge in [-0.05, 0) is 55.2 Å². The van der Waals surface area contributed by atoms with E-state index in [0.29, 0.717) is 6.04 Å². The maximum absolute atomic E-state index is 3.66. The van der Waals surface area contributed by atoms with Crippen LogP contribution in [0.15, 0.2) is 24.3 Å². The van der Waals surface area contributed by atoms with E-state index >= 15 is 0 Å². The Morgan fingerprint density at radius 3 is 2.26 bits per heavy atom. The fourth-order valence-electron chi connectivity index (χ4n) is 3.62. The normalized spacial score (nSPS) is 22.4. The van der Waals surface area contributed by atoms with Gasteiger partial charge in [0, 0.05) is 6.04 Å². The van der Waals surface area contributed by atoms with Crippen molar-refractivity contribution in [3.63, 3.8) is 0 Å². The Labute approximate surface area is 117 Å². The summed E-state index contributed by atoms with van der Waals surface area (Å²) in [5, 5.41) is 3.66. The van der Waals surface area contributed by atoms with E-state index in [4.69, 9.17) is 0 Å². The summed E-state index contributed by atoms with van der Waals surface area (Å²) in [4.78, 5) is 0. The Balaban J connectivity index is 1.70. The molecule has 0 saturated heterocycles. The van der Waals surface area contributed by atoms with E-state index in [-0.39, 0.29) is 0 Å². The Hall–Kier alpha value is -0.820. The van der Waals surface area contributed by atoms with Crippen LogP contribution in [0.5, 0.6) is 0 Å². The van der Waals surface area contributed by atoms with Crippen LogP contribution in [0.1, 0.15) is 75.0 Å². The lowest BCUT2D eigenvalue weighted by Crippen LogP contribution is -2.22. The maximum atomic E-state index is 3.66. The first-order valence-electron chi connectivity index (χ1n) is 8.21. The zero-order valence-electron chi connectivity index (χ0n) is 12.2. The molecule has 1 atom stereocenters. The third-order valence-corrected chi connectivity index (χ3v) is 4.89. The van der Waals surface area contributed by atoms with Gasteiger partial charge in [-0.1, -0.05) is 50.5 Å². The highest BCUT2D eigenvalue weighted by atomic mass is 14.9. The number of nitrogens with one attached hydrogen (secondary N) is 1. The van der Waals surface area contributed by atoms with Crippen molar-refractivity contribution >= 4 is 0 Å². The van der Waals surface area contributed by atoms with Gasteiger partial charge in [0.25, 0.3) is 0 Å². The summed E-state index contributed by atoms with van der Waals surface area (Å²) in [6, 6.07) is 10.2. The smallest absolute Gasteiger partial charge is 0.0348 e. The molecule has 2 aliphatic carbocycles.